The molecule has 1 aliphatic rings. The summed E-state index contributed by atoms with van der Waals surface area (Å²) in [6.45, 7) is 7.09. The Morgan fingerprint density at radius 3 is 2.89 bits per heavy atom. The van der Waals surface area contributed by atoms with Crippen molar-refractivity contribution in [1.29, 1.82) is 0 Å². The van der Waals surface area contributed by atoms with Crippen molar-refractivity contribution in [1.82, 2.24) is 14.9 Å². The van der Waals surface area contributed by atoms with Crippen LogP contribution in [0.15, 0.2) is 23.6 Å². The predicted octanol–water partition coefficient (Wildman–Crippen LogP) is 2.58. The highest BCUT2D eigenvalue weighted by atomic mass is 32.2. The zero-order valence-electron chi connectivity index (χ0n) is 11.5. The van der Waals surface area contributed by atoms with E-state index in [0.29, 0.717) is 11.8 Å². The predicted molar refractivity (Wildman–Crippen MR) is 74.1 cm³/mol. The number of aromatic nitrogens is 2. The second-order valence-corrected chi connectivity index (χ2v) is 6.82. The van der Waals surface area contributed by atoms with E-state index in [1.807, 2.05) is 20.8 Å². The number of nitrogens with zero attached hydrogens (tertiary/aromatic N) is 3. The van der Waals surface area contributed by atoms with Crippen LogP contribution in [0.2, 0.25) is 0 Å². The maximum absolute atomic E-state index is 11.9. The molecule has 1 aliphatic heterocycles. The lowest BCUT2D eigenvalue weighted by Crippen LogP contribution is -2.35. The van der Waals surface area contributed by atoms with Crippen molar-refractivity contribution in [2.45, 2.75) is 43.1 Å². The van der Waals surface area contributed by atoms with Crippen molar-refractivity contribution >= 4 is 17.9 Å². The van der Waals surface area contributed by atoms with E-state index < -0.39 is 5.60 Å². The van der Waals surface area contributed by atoms with E-state index in [1.165, 1.54) is 0 Å². The summed E-state index contributed by atoms with van der Waals surface area (Å²) in [5, 5.41) is 1.27. The molecule has 0 spiro atoms. The third kappa shape index (κ3) is 4.38. The van der Waals surface area contributed by atoms with Crippen LogP contribution < -0.4 is 0 Å². The minimum Gasteiger partial charge on any atom is -0.444 e. The molecular weight excluding hydrogens is 262 g/mol. The zero-order chi connectivity index (χ0) is 13.9. The van der Waals surface area contributed by atoms with Gasteiger partial charge in [-0.15, -0.1) is 0 Å². The number of thioether (sulfide) groups is 1. The van der Waals surface area contributed by atoms with Gasteiger partial charge in [-0.1, -0.05) is 11.8 Å². The number of hydrogen-bond acceptors (Lipinski definition) is 5. The first kappa shape index (κ1) is 14.1. The van der Waals surface area contributed by atoms with Crippen molar-refractivity contribution < 1.29 is 9.53 Å². The first-order chi connectivity index (χ1) is 8.94. The van der Waals surface area contributed by atoms with Crippen LogP contribution >= 0.6 is 11.8 Å². The van der Waals surface area contributed by atoms with Gasteiger partial charge in [-0.2, -0.15) is 0 Å². The molecule has 0 radical (unpaired) electrons. The summed E-state index contributed by atoms with van der Waals surface area (Å²) in [5.41, 5.74) is -0.437. The van der Waals surface area contributed by atoms with Gasteiger partial charge in [0.25, 0.3) is 0 Å². The average molecular weight is 281 g/mol. The molecule has 1 aromatic rings. The van der Waals surface area contributed by atoms with Crippen LogP contribution in [0.5, 0.6) is 0 Å². The molecule has 0 aliphatic carbocycles. The zero-order valence-corrected chi connectivity index (χ0v) is 12.3. The SMILES string of the molecule is CC(C)(C)OC(=O)N1CCC(Sc2cnccn2)C1. The second kappa shape index (κ2) is 5.77. The molecule has 2 heterocycles. The molecular formula is C13H19N3O2S. The van der Waals surface area contributed by atoms with E-state index in [9.17, 15) is 4.79 Å². The topological polar surface area (TPSA) is 55.3 Å². The Bertz CT molecular complexity index is 433. The number of amides is 1. The summed E-state index contributed by atoms with van der Waals surface area (Å²) in [4.78, 5) is 22.0. The van der Waals surface area contributed by atoms with Crippen LogP contribution in [0.3, 0.4) is 0 Å². The normalized spacial score (nSPS) is 19.5. The summed E-state index contributed by atoms with van der Waals surface area (Å²) >= 11 is 1.67. The number of likely N-dealkylation sites (tertiary alicyclic amines) is 1. The van der Waals surface area contributed by atoms with Gasteiger partial charge >= 0.3 is 6.09 Å². The van der Waals surface area contributed by atoms with Crippen molar-refractivity contribution in [3.05, 3.63) is 18.6 Å². The second-order valence-electron chi connectivity index (χ2n) is 5.50. The maximum Gasteiger partial charge on any atom is 0.410 e. The summed E-state index contributed by atoms with van der Waals surface area (Å²) in [5.74, 6) is 0. The van der Waals surface area contributed by atoms with Crippen LogP contribution in [0.25, 0.3) is 0 Å². The van der Waals surface area contributed by atoms with Gasteiger partial charge in [-0.3, -0.25) is 4.98 Å². The molecule has 1 atom stereocenters. The smallest absolute Gasteiger partial charge is 0.410 e. The highest BCUT2D eigenvalue weighted by Gasteiger charge is 2.30. The van der Waals surface area contributed by atoms with E-state index in [4.69, 9.17) is 4.74 Å². The third-order valence-corrected chi connectivity index (χ3v) is 3.79. The minimum absolute atomic E-state index is 0.227. The van der Waals surface area contributed by atoms with Crippen molar-refractivity contribution in [2.75, 3.05) is 13.1 Å². The summed E-state index contributed by atoms with van der Waals surface area (Å²) in [6.07, 6.45) is 5.82. The molecule has 1 unspecified atom stereocenters. The fourth-order valence-electron chi connectivity index (χ4n) is 1.83. The quantitative estimate of drug-likeness (QED) is 0.834. The van der Waals surface area contributed by atoms with Gasteiger partial charge in [0.05, 0.1) is 6.20 Å². The van der Waals surface area contributed by atoms with Crippen LogP contribution in [0.4, 0.5) is 4.79 Å². The minimum atomic E-state index is -0.437. The monoisotopic (exact) mass is 281 g/mol. The van der Waals surface area contributed by atoms with E-state index in [2.05, 4.69) is 9.97 Å². The van der Waals surface area contributed by atoms with Gasteiger partial charge < -0.3 is 9.64 Å². The Morgan fingerprint density at radius 1 is 1.47 bits per heavy atom. The highest BCUT2D eigenvalue weighted by Crippen LogP contribution is 2.28. The van der Waals surface area contributed by atoms with E-state index in [1.54, 1.807) is 35.3 Å². The van der Waals surface area contributed by atoms with Gasteiger partial charge in [0, 0.05) is 30.7 Å². The lowest BCUT2D eigenvalue weighted by Gasteiger charge is -2.24. The largest absolute Gasteiger partial charge is 0.444 e. The molecule has 0 saturated carbocycles. The van der Waals surface area contributed by atoms with Crippen LogP contribution in [-0.2, 0) is 4.74 Å². The van der Waals surface area contributed by atoms with E-state index in [0.717, 1.165) is 18.0 Å². The number of hydrogen-bond donors (Lipinski definition) is 0. The Balaban J connectivity index is 1.85. The summed E-state index contributed by atoms with van der Waals surface area (Å²) in [6, 6.07) is 0. The highest BCUT2D eigenvalue weighted by molar-refractivity contribution is 7.99. The van der Waals surface area contributed by atoms with Crippen molar-refractivity contribution in [3.8, 4) is 0 Å². The summed E-state index contributed by atoms with van der Waals surface area (Å²) < 4.78 is 5.37. The molecule has 6 heteroatoms. The first-order valence-corrected chi connectivity index (χ1v) is 7.22. The van der Waals surface area contributed by atoms with Gasteiger partial charge in [0.15, 0.2) is 0 Å². The molecule has 2 rings (SSSR count). The van der Waals surface area contributed by atoms with Gasteiger partial charge in [-0.05, 0) is 27.2 Å². The molecule has 0 aromatic carbocycles. The molecule has 1 saturated heterocycles. The Labute approximate surface area is 117 Å². The standard InChI is InChI=1S/C13H19N3O2S/c1-13(2,3)18-12(17)16-7-4-10(9-16)19-11-8-14-5-6-15-11/h5-6,8,10H,4,7,9H2,1-3H3. The molecule has 19 heavy (non-hydrogen) atoms. The third-order valence-electron chi connectivity index (χ3n) is 2.62. The fraction of sp³-hybridized carbons (Fsp3) is 0.615. The maximum atomic E-state index is 11.9. The molecule has 1 amide bonds. The number of ether oxygens (including phenoxy) is 1. The molecule has 1 fully saturated rings. The van der Waals surface area contributed by atoms with Crippen LogP contribution in [0.1, 0.15) is 27.2 Å². The van der Waals surface area contributed by atoms with Crippen molar-refractivity contribution in [2.24, 2.45) is 0 Å². The molecule has 1 aromatic heterocycles. The first-order valence-electron chi connectivity index (χ1n) is 6.34. The molecule has 0 N–H and O–H groups in total. The molecule has 104 valence electrons. The Hall–Kier alpha value is -1.30. The van der Waals surface area contributed by atoms with Crippen molar-refractivity contribution in [3.63, 3.8) is 0 Å². The number of carbonyl (C=O) groups is 1. The van der Waals surface area contributed by atoms with Crippen LogP contribution in [0, 0.1) is 0 Å². The van der Waals surface area contributed by atoms with E-state index in [-0.39, 0.29) is 6.09 Å². The van der Waals surface area contributed by atoms with Gasteiger partial charge in [-0.25, -0.2) is 9.78 Å². The lowest BCUT2D eigenvalue weighted by molar-refractivity contribution is 0.0295. The average Bonchev–Trinajstić information content (AvgIpc) is 2.77. The lowest BCUT2D eigenvalue weighted by atomic mass is 10.2. The Morgan fingerprint density at radius 2 is 2.26 bits per heavy atom. The number of carbonyl (C=O) groups excluding carboxylic acids is 1. The molecule has 0 bridgehead atoms. The Kier molecular flexibility index (Phi) is 4.29. The fourth-order valence-corrected chi connectivity index (χ4v) is 2.90. The number of rotatable bonds is 2. The van der Waals surface area contributed by atoms with Gasteiger partial charge in [0.1, 0.15) is 10.6 Å². The van der Waals surface area contributed by atoms with Crippen LogP contribution in [-0.4, -0.2) is 44.9 Å². The van der Waals surface area contributed by atoms with Gasteiger partial charge in [0.2, 0.25) is 0 Å². The molecule has 5 nitrogen and oxygen atoms in total. The summed E-state index contributed by atoms with van der Waals surface area (Å²) in [7, 11) is 0. The van der Waals surface area contributed by atoms with E-state index >= 15 is 0 Å².